The van der Waals surface area contributed by atoms with E-state index in [1.165, 1.54) is 42.6 Å². The van der Waals surface area contributed by atoms with Crippen LogP contribution < -0.4 is 4.72 Å². The van der Waals surface area contributed by atoms with Crippen LogP contribution in [0.4, 0.5) is 4.39 Å². The topological polar surface area (TPSA) is 59.1 Å². The highest BCUT2D eigenvalue weighted by atomic mass is 35.5. The average molecular weight is 315 g/mol. The molecule has 0 bridgehead atoms. The number of nitrogens with one attached hydrogen (secondary N) is 1. The first-order valence-corrected chi connectivity index (χ1v) is 7.64. The summed E-state index contributed by atoms with van der Waals surface area (Å²) in [4.78, 5) is 3.76. The Bertz CT molecular complexity index is 687. The maximum atomic E-state index is 12.8. The van der Waals surface area contributed by atoms with E-state index in [1.807, 2.05) is 0 Å². The van der Waals surface area contributed by atoms with E-state index in [-0.39, 0.29) is 15.9 Å². The number of hydrogen-bond acceptors (Lipinski definition) is 3. The summed E-state index contributed by atoms with van der Waals surface area (Å²) >= 11 is 5.62. The molecule has 0 aliphatic rings. The Morgan fingerprint density at radius 2 is 1.85 bits per heavy atom. The van der Waals surface area contributed by atoms with Gasteiger partial charge in [-0.15, -0.1) is 0 Å². The van der Waals surface area contributed by atoms with E-state index in [0.29, 0.717) is 5.56 Å². The summed E-state index contributed by atoms with van der Waals surface area (Å²) in [5.74, 6) is -0.370. The molecule has 20 heavy (non-hydrogen) atoms. The van der Waals surface area contributed by atoms with Gasteiger partial charge in [0.05, 0.1) is 0 Å². The van der Waals surface area contributed by atoms with Crippen LogP contribution in [-0.4, -0.2) is 13.4 Å². The van der Waals surface area contributed by atoms with Crippen molar-refractivity contribution in [1.29, 1.82) is 0 Å². The zero-order valence-corrected chi connectivity index (χ0v) is 12.1. The normalized spacial score (nSPS) is 13.2. The molecule has 0 radical (unpaired) electrons. The third kappa shape index (κ3) is 3.53. The van der Waals surface area contributed by atoms with Crippen molar-refractivity contribution in [3.63, 3.8) is 0 Å². The summed E-state index contributed by atoms with van der Waals surface area (Å²) in [6, 6.07) is 7.91. The number of aromatic nitrogens is 1. The number of sulfonamides is 1. The second kappa shape index (κ2) is 5.87. The highest BCUT2D eigenvalue weighted by Gasteiger charge is 2.18. The van der Waals surface area contributed by atoms with Gasteiger partial charge in [0.25, 0.3) is 0 Å². The molecule has 2 rings (SSSR count). The predicted octanol–water partition coefficient (Wildman–Crippen LogP) is 2.91. The van der Waals surface area contributed by atoms with Gasteiger partial charge in [-0.25, -0.2) is 22.5 Å². The number of halogens is 2. The molecule has 0 saturated heterocycles. The van der Waals surface area contributed by atoms with Crippen LogP contribution in [0, 0.1) is 5.82 Å². The summed E-state index contributed by atoms with van der Waals surface area (Å²) in [5, 5.41) is 0.218. The molecule has 1 aromatic carbocycles. The average Bonchev–Trinajstić information content (AvgIpc) is 2.39. The standard InChI is InChI=1S/C13H12ClFN2O2S/c1-9(10-2-4-11(15)5-3-10)17-20(18,19)12-6-7-13(14)16-8-12/h2-9,17H,1H3/t9-/m1/s1. The maximum absolute atomic E-state index is 12.8. The van der Waals surface area contributed by atoms with E-state index in [4.69, 9.17) is 11.6 Å². The van der Waals surface area contributed by atoms with Crippen molar-refractivity contribution in [1.82, 2.24) is 9.71 Å². The highest BCUT2D eigenvalue weighted by molar-refractivity contribution is 7.89. The van der Waals surface area contributed by atoms with Gasteiger partial charge in [0.2, 0.25) is 10.0 Å². The lowest BCUT2D eigenvalue weighted by molar-refractivity contribution is 0.566. The number of benzene rings is 1. The van der Waals surface area contributed by atoms with E-state index in [2.05, 4.69) is 9.71 Å². The third-order valence-electron chi connectivity index (χ3n) is 2.71. The zero-order chi connectivity index (χ0) is 14.8. The first-order valence-electron chi connectivity index (χ1n) is 5.78. The molecule has 1 heterocycles. The van der Waals surface area contributed by atoms with Crippen LogP contribution >= 0.6 is 11.6 Å². The number of pyridine rings is 1. The Kier molecular flexibility index (Phi) is 4.37. The largest absolute Gasteiger partial charge is 0.243 e. The molecule has 7 heteroatoms. The zero-order valence-electron chi connectivity index (χ0n) is 10.5. The van der Waals surface area contributed by atoms with Crippen LogP contribution in [0.2, 0.25) is 5.15 Å². The van der Waals surface area contributed by atoms with Crippen LogP contribution in [-0.2, 0) is 10.0 Å². The van der Waals surface area contributed by atoms with Gasteiger partial charge in [-0.2, -0.15) is 0 Å². The summed E-state index contributed by atoms with van der Waals surface area (Å²) in [6.45, 7) is 1.67. The van der Waals surface area contributed by atoms with Gasteiger partial charge in [-0.1, -0.05) is 23.7 Å². The fourth-order valence-corrected chi connectivity index (χ4v) is 2.93. The van der Waals surface area contributed by atoms with Crippen LogP contribution in [0.15, 0.2) is 47.5 Å². The molecule has 4 nitrogen and oxygen atoms in total. The molecule has 0 aliphatic heterocycles. The summed E-state index contributed by atoms with van der Waals surface area (Å²) < 4.78 is 39.6. The van der Waals surface area contributed by atoms with Crippen molar-refractivity contribution in [2.75, 3.05) is 0 Å². The van der Waals surface area contributed by atoms with Gasteiger partial charge in [-0.05, 0) is 36.8 Å². The van der Waals surface area contributed by atoms with E-state index in [0.717, 1.165) is 0 Å². The molecular formula is C13H12ClFN2O2S. The molecule has 106 valence electrons. The lowest BCUT2D eigenvalue weighted by Gasteiger charge is -2.14. The number of hydrogen-bond donors (Lipinski definition) is 1. The fourth-order valence-electron chi connectivity index (χ4n) is 1.64. The fraction of sp³-hybridized carbons (Fsp3) is 0.154. The van der Waals surface area contributed by atoms with Crippen LogP contribution in [0.5, 0.6) is 0 Å². The molecule has 2 aromatic rings. The Hall–Kier alpha value is -1.50. The smallest absolute Gasteiger partial charge is 0.242 e. The monoisotopic (exact) mass is 314 g/mol. The summed E-state index contributed by atoms with van der Waals surface area (Å²) in [7, 11) is -3.70. The Morgan fingerprint density at radius 3 is 2.40 bits per heavy atom. The quantitative estimate of drug-likeness (QED) is 0.883. The van der Waals surface area contributed by atoms with Crippen molar-refractivity contribution in [2.24, 2.45) is 0 Å². The lowest BCUT2D eigenvalue weighted by atomic mass is 10.1. The molecular weight excluding hydrogens is 303 g/mol. The summed E-state index contributed by atoms with van der Waals surface area (Å²) in [5.41, 5.74) is 0.664. The van der Waals surface area contributed by atoms with Crippen molar-refractivity contribution < 1.29 is 12.8 Å². The van der Waals surface area contributed by atoms with Gasteiger partial charge in [0.15, 0.2) is 0 Å². The lowest BCUT2D eigenvalue weighted by Crippen LogP contribution is -2.27. The van der Waals surface area contributed by atoms with E-state index in [9.17, 15) is 12.8 Å². The second-order valence-corrected chi connectivity index (χ2v) is 6.31. The van der Waals surface area contributed by atoms with Crippen molar-refractivity contribution in [3.05, 3.63) is 59.1 Å². The van der Waals surface area contributed by atoms with Crippen molar-refractivity contribution >= 4 is 21.6 Å². The van der Waals surface area contributed by atoms with E-state index < -0.39 is 16.1 Å². The Balaban J connectivity index is 2.19. The molecule has 1 aromatic heterocycles. The van der Waals surface area contributed by atoms with Gasteiger partial charge >= 0.3 is 0 Å². The van der Waals surface area contributed by atoms with Crippen LogP contribution in [0.1, 0.15) is 18.5 Å². The minimum atomic E-state index is -3.70. The van der Waals surface area contributed by atoms with Gasteiger partial charge in [-0.3, -0.25) is 0 Å². The van der Waals surface area contributed by atoms with Gasteiger partial charge in [0, 0.05) is 12.2 Å². The Labute approximate surface area is 121 Å². The molecule has 0 unspecified atom stereocenters. The molecule has 0 aliphatic carbocycles. The highest BCUT2D eigenvalue weighted by Crippen LogP contribution is 2.17. The first kappa shape index (κ1) is 14.9. The van der Waals surface area contributed by atoms with Gasteiger partial charge in [0.1, 0.15) is 15.9 Å². The van der Waals surface area contributed by atoms with Crippen LogP contribution in [0.3, 0.4) is 0 Å². The molecule has 1 N–H and O–H groups in total. The van der Waals surface area contributed by atoms with Crippen molar-refractivity contribution in [2.45, 2.75) is 17.9 Å². The molecule has 1 atom stereocenters. The molecule has 0 spiro atoms. The Morgan fingerprint density at radius 1 is 1.20 bits per heavy atom. The minimum Gasteiger partial charge on any atom is -0.243 e. The molecule has 0 fully saturated rings. The predicted molar refractivity (Wildman–Crippen MR) is 74.4 cm³/mol. The minimum absolute atomic E-state index is 0.0239. The van der Waals surface area contributed by atoms with E-state index in [1.54, 1.807) is 6.92 Å². The van der Waals surface area contributed by atoms with E-state index >= 15 is 0 Å². The first-order chi connectivity index (χ1) is 9.38. The summed E-state index contributed by atoms with van der Waals surface area (Å²) in [6.07, 6.45) is 1.18. The number of nitrogens with zero attached hydrogens (tertiary/aromatic N) is 1. The second-order valence-electron chi connectivity index (χ2n) is 4.21. The third-order valence-corrected chi connectivity index (χ3v) is 4.46. The molecule has 0 amide bonds. The van der Waals surface area contributed by atoms with Crippen LogP contribution in [0.25, 0.3) is 0 Å². The molecule has 0 saturated carbocycles. The number of rotatable bonds is 4. The van der Waals surface area contributed by atoms with Crippen molar-refractivity contribution in [3.8, 4) is 0 Å². The van der Waals surface area contributed by atoms with Gasteiger partial charge < -0.3 is 0 Å². The SMILES string of the molecule is C[C@@H](NS(=O)(=O)c1ccc(Cl)nc1)c1ccc(F)cc1. The maximum Gasteiger partial charge on any atom is 0.242 e.